The van der Waals surface area contributed by atoms with Gasteiger partial charge in [0.1, 0.15) is 11.7 Å². The zero-order chi connectivity index (χ0) is 31.3. The zero-order valence-electron chi connectivity index (χ0n) is 22.6. The van der Waals surface area contributed by atoms with Gasteiger partial charge in [-0.05, 0) is 31.0 Å². The lowest BCUT2D eigenvalue weighted by molar-refractivity contribution is -0.105. The van der Waals surface area contributed by atoms with Crippen LogP contribution >= 0.6 is 34.1 Å². The zero-order valence-corrected chi connectivity index (χ0v) is 25.1. The minimum absolute atomic E-state index is 0.0153. The Kier molecular flexibility index (Phi) is 9.30. The monoisotopic (exact) mass is 670 g/mol. The van der Waals surface area contributed by atoms with Crippen LogP contribution in [0.15, 0.2) is 30.6 Å². The van der Waals surface area contributed by atoms with Crippen molar-refractivity contribution < 1.29 is 42.0 Å². The highest BCUT2D eigenvalue weighted by Crippen LogP contribution is 2.62. The Bertz CT molecular complexity index is 1450. The molecule has 2 unspecified atom stereocenters. The minimum atomic E-state index is -2.96. The first-order chi connectivity index (χ1) is 20.3. The molecule has 6 atom stereocenters. The van der Waals surface area contributed by atoms with Crippen molar-refractivity contribution >= 4 is 34.1 Å². The van der Waals surface area contributed by atoms with Gasteiger partial charge in [-0.25, -0.2) is 37.5 Å². The number of benzene rings is 1. The lowest BCUT2D eigenvalue weighted by Crippen LogP contribution is -2.54. The Labute approximate surface area is 256 Å². The van der Waals surface area contributed by atoms with Crippen molar-refractivity contribution in [1.29, 1.82) is 0 Å². The number of aliphatic hydroxyl groups excluding tert-OH is 2. The maximum absolute atomic E-state index is 14.2. The second-order valence-corrected chi connectivity index (χ2v) is 14.3. The van der Waals surface area contributed by atoms with E-state index < -0.39 is 88.1 Å². The molecule has 0 bridgehead atoms. The molecule has 236 valence electrons. The van der Waals surface area contributed by atoms with Crippen molar-refractivity contribution in [2.45, 2.75) is 66.0 Å². The van der Waals surface area contributed by atoms with E-state index in [0.29, 0.717) is 0 Å². The van der Waals surface area contributed by atoms with Gasteiger partial charge >= 0.3 is 0 Å². The summed E-state index contributed by atoms with van der Waals surface area (Å²) in [6.45, 7) is -0.559. The molecule has 5 rings (SSSR count). The molecule has 8 nitrogen and oxygen atoms in total. The highest BCUT2D eigenvalue weighted by molar-refractivity contribution is 8.18. The summed E-state index contributed by atoms with van der Waals surface area (Å²) in [5, 5.41) is 40.4. The number of methoxy groups -OCH3 is 1. The van der Waals surface area contributed by atoms with Crippen LogP contribution in [0.2, 0.25) is 10.0 Å². The average Bonchev–Trinajstić information content (AvgIpc) is 3.45. The number of aromatic nitrogens is 4. The van der Waals surface area contributed by atoms with E-state index in [4.69, 9.17) is 27.9 Å². The average molecular weight is 672 g/mol. The van der Waals surface area contributed by atoms with Crippen LogP contribution in [0.5, 0.6) is 0 Å². The Morgan fingerprint density at radius 2 is 1.79 bits per heavy atom. The summed E-state index contributed by atoms with van der Waals surface area (Å²) in [5.41, 5.74) is -1.64. The number of hydrogen-bond acceptors (Lipinski definition) is 7. The second-order valence-electron chi connectivity index (χ2n) is 10.9. The first-order valence-corrected chi connectivity index (χ1v) is 15.8. The Balaban J connectivity index is 1.54. The first-order valence-electron chi connectivity index (χ1n) is 13.3. The summed E-state index contributed by atoms with van der Waals surface area (Å²) in [6, 6.07) is 2.00. The van der Waals surface area contributed by atoms with Crippen LogP contribution in [0.25, 0.3) is 11.3 Å². The maximum atomic E-state index is 14.2. The van der Waals surface area contributed by atoms with Crippen LogP contribution in [0, 0.1) is 17.5 Å². The number of pyridine rings is 1. The van der Waals surface area contributed by atoms with Gasteiger partial charge in [0.25, 0.3) is 0 Å². The third kappa shape index (κ3) is 6.11. The van der Waals surface area contributed by atoms with Crippen LogP contribution < -0.4 is 0 Å². The van der Waals surface area contributed by atoms with Crippen molar-refractivity contribution in [3.63, 3.8) is 0 Å². The number of thiol groups is 1. The third-order valence-electron chi connectivity index (χ3n) is 8.34. The van der Waals surface area contributed by atoms with Crippen LogP contribution in [0.1, 0.15) is 42.7 Å². The molecule has 0 spiro atoms. The number of hydrogen-bond donors (Lipinski definition) is 4. The summed E-state index contributed by atoms with van der Waals surface area (Å²) >= 11 is 12.9. The van der Waals surface area contributed by atoms with Crippen molar-refractivity contribution in [3.05, 3.63) is 63.8 Å². The summed E-state index contributed by atoms with van der Waals surface area (Å²) < 4.78 is 76.6. The predicted octanol–water partition coefficient (Wildman–Crippen LogP) is 5.04. The maximum Gasteiger partial charge on any atom is 0.248 e. The van der Waals surface area contributed by atoms with Gasteiger partial charge in [0.2, 0.25) is 5.92 Å². The van der Waals surface area contributed by atoms with E-state index in [-0.39, 0.29) is 45.6 Å². The molecular formula is C27H29Cl2F5N4O4S. The molecule has 1 saturated carbocycles. The van der Waals surface area contributed by atoms with E-state index in [0.717, 1.165) is 12.1 Å². The quantitative estimate of drug-likeness (QED) is 0.158. The summed E-state index contributed by atoms with van der Waals surface area (Å²) in [7, 11) is -0.300. The van der Waals surface area contributed by atoms with Gasteiger partial charge in [-0.3, -0.25) is 4.98 Å². The largest absolute Gasteiger partial charge is 0.395 e. The Hall–Kier alpha value is -2.07. The van der Waals surface area contributed by atoms with Crippen molar-refractivity contribution in [3.8, 4) is 11.3 Å². The van der Waals surface area contributed by atoms with Crippen LogP contribution in [0.4, 0.5) is 22.0 Å². The normalized spacial score (nSPS) is 28.5. The van der Waals surface area contributed by atoms with Gasteiger partial charge in [-0.15, -0.1) is 5.10 Å². The Morgan fingerprint density at radius 3 is 2.40 bits per heavy atom. The molecule has 2 fully saturated rings. The fourth-order valence-corrected chi connectivity index (χ4v) is 10.3. The number of alkyl halides is 2. The van der Waals surface area contributed by atoms with E-state index in [1.807, 2.05) is 0 Å². The van der Waals surface area contributed by atoms with E-state index in [2.05, 4.69) is 15.3 Å². The molecule has 3 N–H and O–H groups in total. The van der Waals surface area contributed by atoms with Crippen LogP contribution in [-0.4, -0.2) is 83.7 Å². The number of ether oxygens (including phenoxy) is 1. The van der Waals surface area contributed by atoms with Crippen LogP contribution in [-0.2, 0) is 4.74 Å². The Morgan fingerprint density at radius 1 is 1.14 bits per heavy atom. The third-order valence-corrected chi connectivity index (χ3v) is 12.6. The van der Waals surface area contributed by atoms with E-state index >= 15 is 0 Å². The molecule has 43 heavy (non-hydrogen) atoms. The number of halogens is 7. The van der Waals surface area contributed by atoms with Gasteiger partial charge in [-0.1, -0.05) is 28.4 Å². The first kappa shape index (κ1) is 32.3. The molecule has 3 aromatic rings. The molecule has 1 saturated heterocycles. The van der Waals surface area contributed by atoms with E-state index in [9.17, 15) is 37.3 Å². The van der Waals surface area contributed by atoms with Gasteiger partial charge in [0.15, 0.2) is 17.5 Å². The topological polar surface area (TPSA) is 114 Å². The lowest BCUT2D eigenvalue weighted by atomic mass is 9.79. The fraction of sp³-hybridized carbons (Fsp3) is 0.519. The summed E-state index contributed by atoms with van der Waals surface area (Å²) in [4.78, 5) is 4.38. The molecule has 16 heteroatoms. The van der Waals surface area contributed by atoms with Gasteiger partial charge in [-0.2, -0.15) is 0 Å². The summed E-state index contributed by atoms with van der Waals surface area (Å²) in [6.07, 6.45) is -1.20. The number of aliphatic hydroxyl groups is 3. The standard InChI is InChI=1S/C27H29Cl2F5N4O4S/c1-42-18-12-43(25(22-20(29)14(28)2-7-35-22)26(41)3-5-27(33,34)6-4-26)19(11-39)24(40)23(18)38-10-17(36-37-38)13-8-15(30)21(32)16(31)9-13/h2,7-10,18-19,23-25,39-41,43H,3-6,11-12H2,1H3/t18-,19+,23+,24-,25?/m0/s1. The fourth-order valence-electron chi connectivity index (χ4n) is 6.07. The molecule has 1 aliphatic carbocycles. The molecule has 0 amide bonds. The van der Waals surface area contributed by atoms with Crippen molar-refractivity contribution in [2.24, 2.45) is 0 Å². The smallest absolute Gasteiger partial charge is 0.248 e. The van der Waals surface area contributed by atoms with Crippen molar-refractivity contribution in [2.75, 3.05) is 19.5 Å². The molecule has 2 aromatic heterocycles. The summed E-state index contributed by atoms with van der Waals surface area (Å²) in [5.74, 6) is -7.28. The molecule has 1 aliphatic heterocycles. The van der Waals surface area contributed by atoms with Gasteiger partial charge in [0.05, 0.1) is 51.6 Å². The van der Waals surface area contributed by atoms with E-state index in [1.54, 1.807) is 0 Å². The minimum Gasteiger partial charge on any atom is -0.395 e. The van der Waals surface area contributed by atoms with Gasteiger partial charge in [0, 0.05) is 42.7 Å². The van der Waals surface area contributed by atoms with Gasteiger partial charge < -0.3 is 20.1 Å². The van der Waals surface area contributed by atoms with Crippen molar-refractivity contribution in [1.82, 2.24) is 20.0 Å². The highest BCUT2D eigenvalue weighted by Gasteiger charge is 2.55. The second kappa shape index (κ2) is 12.4. The molecule has 2 aliphatic rings. The predicted molar refractivity (Wildman–Crippen MR) is 151 cm³/mol. The van der Waals surface area contributed by atoms with E-state index in [1.165, 1.54) is 30.3 Å². The highest BCUT2D eigenvalue weighted by atomic mass is 35.5. The van der Waals surface area contributed by atoms with Crippen LogP contribution in [0.3, 0.4) is 0 Å². The molecule has 0 radical (unpaired) electrons. The number of nitrogens with zero attached hydrogens (tertiary/aromatic N) is 4. The number of rotatable bonds is 7. The molecule has 1 aromatic carbocycles. The molecular weight excluding hydrogens is 642 g/mol. The SMILES string of the molecule is CO[C@H]1C[SH](C(c2nccc(Cl)c2Cl)C2(O)CCC(F)(F)CC2)[C@H](CO)[C@H](O)[C@@H]1n1cc(-c2cc(F)c(F)c(F)c2)nn1. The molecule has 3 heterocycles. The lowest BCUT2D eigenvalue weighted by Gasteiger charge is -2.53.